The summed E-state index contributed by atoms with van der Waals surface area (Å²) in [6.45, 7) is 3.52. The quantitative estimate of drug-likeness (QED) is 0.474. The molecule has 0 amide bonds. The number of methoxy groups -OCH3 is 3. The Morgan fingerprint density at radius 3 is 2.39 bits per heavy atom. The van der Waals surface area contributed by atoms with Gasteiger partial charge in [0.1, 0.15) is 17.2 Å². The van der Waals surface area contributed by atoms with Gasteiger partial charge in [-0.2, -0.15) is 0 Å². The second-order valence-corrected chi connectivity index (χ2v) is 7.49. The first kappa shape index (κ1) is 22.7. The third-order valence-corrected chi connectivity index (χ3v) is 5.71. The summed E-state index contributed by atoms with van der Waals surface area (Å²) in [5.74, 6) is 3.23. The van der Waals surface area contributed by atoms with Crippen LogP contribution in [0.3, 0.4) is 0 Å². The van der Waals surface area contributed by atoms with Gasteiger partial charge in [0.05, 0.1) is 27.4 Å². The summed E-state index contributed by atoms with van der Waals surface area (Å²) in [6, 6.07) is 14.3. The molecule has 3 rings (SSSR count). The molecule has 168 valence electrons. The minimum Gasteiger partial charge on any atom is -0.497 e. The van der Waals surface area contributed by atoms with E-state index in [0.29, 0.717) is 6.54 Å². The Morgan fingerprint density at radius 1 is 0.968 bits per heavy atom. The van der Waals surface area contributed by atoms with Crippen LogP contribution in [-0.4, -0.2) is 58.9 Å². The van der Waals surface area contributed by atoms with Gasteiger partial charge in [-0.15, -0.1) is 0 Å². The Labute approximate surface area is 185 Å². The number of nitrogens with one attached hydrogen (secondary N) is 2. The molecule has 7 heteroatoms. The molecule has 0 radical (unpaired) electrons. The number of para-hydroxylation sites is 1. The van der Waals surface area contributed by atoms with E-state index in [1.165, 1.54) is 18.4 Å². The number of ether oxygens (including phenoxy) is 3. The lowest BCUT2D eigenvalue weighted by molar-refractivity contribution is 0.239. The molecule has 0 saturated carbocycles. The number of likely N-dealkylation sites (tertiary alicyclic amines) is 1. The molecule has 0 aliphatic carbocycles. The summed E-state index contributed by atoms with van der Waals surface area (Å²) in [5, 5.41) is 6.89. The predicted octanol–water partition coefficient (Wildman–Crippen LogP) is 3.21. The molecule has 1 unspecified atom stereocenters. The average molecular weight is 427 g/mol. The molecule has 1 aliphatic heterocycles. The summed E-state index contributed by atoms with van der Waals surface area (Å²) < 4.78 is 16.4. The minimum atomic E-state index is 0.215. The van der Waals surface area contributed by atoms with Crippen LogP contribution in [0.25, 0.3) is 0 Å². The first-order chi connectivity index (χ1) is 15.2. The van der Waals surface area contributed by atoms with Crippen molar-refractivity contribution in [1.82, 2.24) is 15.5 Å². The SMILES string of the molecule is CN=C(NCc1ccc(OC)cc1OC)NCC(c1ccccc1OC)N1CCCC1. The highest BCUT2D eigenvalue weighted by Crippen LogP contribution is 2.31. The molecule has 0 bridgehead atoms. The Bertz CT molecular complexity index is 866. The molecule has 2 aromatic rings. The van der Waals surface area contributed by atoms with Gasteiger partial charge < -0.3 is 24.8 Å². The van der Waals surface area contributed by atoms with E-state index in [4.69, 9.17) is 14.2 Å². The number of guanidine groups is 1. The fraction of sp³-hybridized carbons (Fsp3) is 0.458. The number of hydrogen-bond donors (Lipinski definition) is 2. The highest BCUT2D eigenvalue weighted by molar-refractivity contribution is 5.79. The smallest absolute Gasteiger partial charge is 0.191 e. The lowest BCUT2D eigenvalue weighted by Gasteiger charge is -2.30. The van der Waals surface area contributed by atoms with Gasteiger partial charge in [-0.25, -0.2) is 0 Å². The van der Waals surface area contributed by atoms with Crippen molar-refractivity contribution in [1.29, 1.82) is 0 Å². The van der Waals surface area contributed by atoms with Crippen LogP contribution in [-0.2, 0) is 6.54 Å². The predicted molar refractivity (Wildman–Crippen MR) is 124 cm³/mol. The lowest BCUT2D eigenvalue weighted by Crippen LogP contribution is -2.42. The number of nitrogens with zero attached hydrogens (tertiary/aromatic N) is 2. The van der Waals surface area contributed by atoms with Gasteiger partial charge in [-0.05, 0) is 44.1 Å². The number of hydrogen-bond acceptors (Lipinski definition) is 5. The van der Waals surface area contributed by atoms with Crippen molar-refractivity contribution in [3.8, 4) is 17.2 Å². The van der Waals surface area contributed by atoms with Crippen molar-refractivity contribution in [2.75, 3.05) is 48.0 Å². The van der Waals surface area contributed by atoms with Gasteiger partial charge in [-0.3, -0.25) is 9.89 Å². The minimum absolute atomic E-state index is 0.215. The second kappa shape index (κ2) is 11.5. The van der Waals surface area contributed by atoms with Crippen LogP contribution < -0.4 is 24.8 Å². The first-order valence-corrected chi connectivity index (χ1v) is 10.7. The maximum absolute atomic E-state index is 5.64. The summed E-state index contributed by atoms with van der Waals surface area (Å²) >= 11 is 0. The van der Waals surface area contributed by atoms with E-state index >= 15 is 0 Å². The standard InChI is InChI=1S/C24H34N4O3/c1-25-24(26-16-18-11-12-19(29-2)15-23(18)31-4)27-17-21(28-13-7-8-14-28)20-9-5-6-10-22(20)30-3/h5-6,9-12,15,21H,7-8,13-14,16-17H2,1-4H3,(H2,25,26,27). The largest absolute Gasteiger partial charge is 0.497 e. The Hall–Kier alpha value is -2.93. The van der Waals surface area contributed by atoms with E-state index in [-0.39, 0.29) is 6.04 Å². The molecule has 1 saturated heterocycles. The van der Waals surface area contributed by atoms with E-state index in [1.54, 1.807) is 28.4 Å². The van der Waals surface area contributed by atoms with Crippen LogP contribution >= 0.6 is 0 Å². The molecule has 0 spiro atoms. The van der Waals surface area contributed by atoms with Crippen molar-refractivity contribution < 1.29 is 14.2 Å². The number of benzene rings is 2. The maximum Gasteiger partial charge on any atom is 0.191 e. The van der Waals surface area contributed by atoms with E-state index in [9.17, 15) is 0 Å². The van der Waals surface area contributed by atoms with Crippen LogP contribution in [0.4, 0.5) is 0 Å². The molecule has 0 aromatic heterocycles. The van der Waals surface area contributed by atoms with Crippen molar-refractivity contribution >= 4 is 5.96 Å². The summed E-state index contributed by atoms with van der Waals surface area (Å²) in [7, 11) is 6.83. The molecule has 31 heavy (non-hydrogen) atoms. The monoisotopic (exact) mass is 426 g/mol. The Morgan fingerprint density at radius 2 is 1.71 bits per heavy atom. The molecule has 7 nitrogen and oxygen atoms in total. The highest BCUT2D eigenvalue weighted by atomic mass is 16.5. The number of rotatable bonds is 9. The van der Waals surface area contributed by atoms with E-state index in [1.807, 2.05) is 30.3 Å². The zero-order chi connectivity index (χ0) is 22.1. The molecule has 2 aromatic carbocycles. The number of aliphatic imine (C=N–C) groups is 1. The topological polar surface area (TPSA) is 67.4 Å². The molecular formula is C24H34N4O3. The zero-order valence-corrected chi connectivity index (χ0v) is 19.0. The van der Waals surface area contributed by atoms with E-state index in [2.05, 4.69) is 32.7 Å². The Balaban J connectivity index is 1.67. The van der Waals surface area contributed by atoms with Crippen molar-refractivity contribution in [3.05, 3.63) is 53.6 Å². The summed E-state index contributed by atoms with van der Waals surface area (Å²) in [4.78, 5) is 6.92. The van der Waals surface area contributed by atoms with Crippen LogP contribution in [0, 0.1) is 0 Å². The van der Waals surface area contributed by atoms with Gasteiger partial charge in [0, 0.05) is 37.3 Å². The Kier molecular flexibility index (Phi) is 8.41. The first-order valence-electron chi connectivity index (χ1n) is 10.7. The van der Waals surface area contributed by atoms with Crippen LogP contribution in [0.2, 0.25) is 0 Å². The second-order valence-electron chi connectivity index (χ2n) is 7.49. The zero-order valence-electron chi connectivity index (χ0n) is 19.0. The van der Waals surface area contributed by atoms with Gasteiger partial charge in [-0.1, -0.05) is 18.2 Å². The molecule has 1 atom stereocenters. The van der Waals surface area contributed by atoms with Crippen molar-refractivity contribution in [2.24, 2.45) is 4.99 Å². The fourth-order valence-electron chi connectivity index (χ4n) is 4.02. The average Bonchev–Trinajstić information content (AvgIpc) is 3.36. The van der Waals surface area contributed by atoms with Crippen molar-refractivity contribution in [3.63, 3.8) is 0 Å². The van der Waals surface area contributed by atoms with E-state index in [0.717, 1.165) is 48.4 Å². The summed E-state index contributed by atoms with van der Waals surface area (Å²) in [5.41, 5.74) is 2.23. The third-order valence-electron chi connectivity index (χ3n) is 5.71. The van der Waals surface area contributed by atoms with E-state index < -0.39 is 0 Å². The summed E-state index contributed by atoms with van der Waals surface area (Å²) in [6.07, 6.45) is 2.46. The fourth-order valence-corrected chi connectivity index (χ4v) is 4.02. The van der Waals surface area contributed by atoms with Gasteiger partial charge in [0.15, 0.2) is 5.96 Å². The normalized spacial score (nSPS) is 15.4. The van der Waals surface area contributed by atoms with Gasteiger partial charge in [0.2, 0.25) is 0 Å². The van der Waals surface area contributed by atoms with Crippen molar-refractivity contribution in [2.45, 2.75) is 25.4 Å². The third kappa shape index (κ3) is 5.82. The van der Waals surface area contributed by atoms with Gasteiger partial charge >= 0.3 is 0 Å². The highest BCUT2D eigenvalue weighted by Gasteiger charge is 2.26. The van der Waals surface area contributed by atoms with Gasteiger partial charge in [0.25, 0.3) is 0 Å². The lowest BCUT2D eigenvalue weighted by atomic mass is 10.0. The van der Waals surface area contributed by atoms with Crippen LogP contribution in [0.5, 0.6) is 17.2 Å². The molecule has 1 fully saturated rings. The van der Waals surface area contributed by atoms with Crippen LogP contribution in [0.15, 0.2) is 47.5 Å². The molecule has 1 heterocycles. The maximum atomic E-state index is 5.64. The van der Waals surface area contributed by atoms with Crippen LogP contribution in [0.1, 0.15) is 30.0 Å². The molecule has 2 N–H and O–H groups in total. The molecular weight excluding hydrogens is 392 g/mol. The molecule has 1 aliphatic rings.